The molecule has 4 heteroatoms. The van der Waals surface area contributed by atoms with Crippen LogP contribution in [0.5, 0.6) is 0 Å². The summed E-state index contributed by atoms with van der Waals surface area (Å²) in [6.45, 7) is 3.37. The van der Waals surface area contributed by atoms with Crippen molar-refractivity contribution in [1.29, 1.82) is 0 Å². The van der Waals surface area contributed by atoms with Crippen molar-refractivity contribution in [3.05, 3.63) is 0 Å². The molecule has 0 rings (SSSR count). The average Bonchev–Trinajstić information content (AvgIpc) is 1.81. The van der Waals surface area contributed by atoms with Crippen molar-refractivity contribution in [1.82, 2.24) is 5.32 Å². The van der Waals surface area contributed by atoms with Gasteiger partial charge in [0, 0.05) is 0 Å². The fourth-order valence-electron chi connectivity index (χ4n) is 0.722. The molecule has 0 aliphatic carbocycles. The highest BCUT2D eigenvalue weighted by Crippen LogP contribution is 1.96. The highest BCUT2D eigenvalue weighted by atomic mass is 16.4. The smallest absolute Gasteiger partial charge is 0.404 e. The molecule has 1 amide bonds. The molecule has 0 aromatic rings. The molecule has 0 aliphatic heterocycles. The molecule has 0 spiro atoms. The molecule has 0 aliphatic rings. The molecule has 10 heavy (non-hydrogen) atoms. The summed E-state index contributed by atoms with van der Waals surface area (Å²) >= 11 is 0. The fraction of sp³-hybridized carbons (Fsp3) is 0.833. The maximum absolute atomic E-state index is 10.1. The predicted octanol–water partition coefficient (Wildman–Crippen LogP) is 0.413. The molecule has 3 N–H and O–H groups in total. The second-order valence-electron chi connectivity index (χ2n) is 2.20. The van der Waals surface area contributed by atoms with Crippen molar-refractivity contribution in [3.8, 4) is 0 Å². The van der Waals surface area contributed by atoms with E-state index in [1.807, 2.05) is 6.92 Å². The van der Waals surface area contributed by atoms with E-state index in [0.29, 0.717) is 6.42 Å². The van der Waals surface area contributed by atoms with Gasteiger partial charge in [0.05, 0.1) is 12.1 Å². The Morgan fingerprint density at radius 2 is 2.20 bits per heavy atom. The van der Waals surface area contributed by atoms with E-state index in [1.54, 1.807) is 6.92 Å². The lowest BCUT2D eigenvalue weighted by atomic mass is 10.1. The minimum atomic E-state index is -1.09. The average molecular weight is 147 g/mol. The molecular formula is C6H13NO3. The van der Waals surface area contributed by atoms with E-state index in [9.17, 15) is 4.79 Å². The monoisotopic (exact) mass is 147 g/mol. The van der Waals surface area contributed by atoms with Gasteiger partial charge >= 0.3 is 6.09 Å². The van der Waals surface area contributed by atoms with E-state index in [2.05, 4.69) is 5.32 Å². The second-order valence-corrected chi connectivity index (χ2v) is 2.20. The van der Waals surface area contributed by atoms with Crippen molar-refractivity contribution in [2.24, 2.45) is 0 Å². The first-order valence-electron chi connectivity index (χ1n) is 3.25. The van der Waals surface area contributed by atoms with Crippen molar-refractivity contribution < 1.29 is 15.0 Å². The molecule has 0 saturated heterocycles. The van der Waals surface area contributed by atoms with E-state index in [-0.39, 0.29) is 6.04 Å². The van der Waals surface area contributed by atoms with Crippen LogP contribution in [0.4, 0.5) is 4.79 Å². The second kappa shape index (κ2) is 4.11. The molecule has 0 saturated carbocycles. The van der Waals surface area contributed by atoms with E-state index in [4.69, 9.17) is 10.2 Å². The van der Waals surface area contributed by atoms with Crippen molar-refractivity contribution in [2.45, 2.75) is 32.4 Å². The van der Waals surface area contributed by atoms with Crippen LogP contribution in [0.1, 0.15) is 20.3 Å². The minimum absolute atomic E-state index is 0.350. The molecule has 0 fully saturated rings. The molecule has 4 nitrogen and oxygen atoms in total. The maximum Gasteiger partial charge on any atom is 0.404 e. The molecular weight excluding hydrogens is 134 g/mol. The Morgan fingerprint density at radius 3 is 2.30 bits per heavy atom. The van der Waals surface area contributed by atoms with Crippen LogP contribution in [0.25, 0.3) is 0 Å². The molecule has 0 heterocycles. The predicted molar refractivity (Wildman–Crippen MR) is 36.9 cm³/mol. The summed E-state index contributed by atoms with van der Waals surface area (Å²) in [6, 6.07) is -0.350. The molecule has 0 aromatic carbocycles. The molecule has 1 unspecified atom stereocenters. The lowest BCUT2D eigenvalue weighted by Gasteiger charge is -2.16. The highest BCUT2D eigenvalue weighted by Gasteiger charge is 2.13. The van der Waals surface area contributed by atoms with Gasteiger partial charge in [-0.25, -0.2) is 4.79 Å². The minimum Gasteiger partial charge on any atom is -0.465 e. The molecule has 0 radical (unpaired) electrons. The van der Waals surface area contributed by atoms with Crippen LogP contribution in [0.3, 0.4) is 0 Å². The van der Waals surface area contributed by atoms with E-state index in [1.165, 1.54) is 0 Å². The third-order valence-electron chi connectivity index (χ3n) is 1.33. The fourth-order valence-corrected chi connectivity index (χ4v) is 0.722. The molecule has 2 atom stereocenters. The maximum atomic E-state index is 10.1. The van der Waals surface area contributed by atoms with Crippen molar-refractivity contribution in [2.75, 3.05) is 0 Å². The first-order chi connectivity index (χ1) is 4.57. The first kappa shape index (κ1) is 9.23. The number of amides is 1. The normalized spacial score (nSPS) is 15.9. The largest absolute Gasteiger partial charge is 0.465 e. The van der Waals surface area contributed by atoms with Gasteiger partial charge in [-0.3, -0.25) is 0 Å². The Kier molecular flexibility index (Phi) is 3.79. The Bertz CT molecular complexity index is 114. The van der Waals surface area contributed by atoms with Crippen molar-refractivity contribution >= 4 is 6.09 Å². The van der Waals surface area contributed by atoms with Gasteiger partial charge in [-0.1, -0.05) is 6.92 Å². The standard InChI is InChI=1S/C6H13NO3/c1-3-5(4(2)8)7-6(9)10/h4-5,7-8H,3H2,1-2H3,(H,9,10)/t4?,5-/m1/s1. The number of rotatable bonds is 3. The Labute approximate surface area is 59.9 Å². The van der Waals surface area contributed by atoms with Gasteiger partial charge in [0.15, 0.2) is 0 Å². The molecule has 0 bridgehead atoms. The first-order valence-corrected chi connectivity index (χ1v) is 3.25. The SMILES string of the molecule is CC[C@@H](NC(=O)O)C(C)O. The number of aliphatic hydroxyl groups excluding tert-OH is 1. The summed E-state index contributed by atoms with van der Waals surface area (Å²) in [5.74, 6) is 0. The van der Waals surface area contributed by atoms with Gasteiger partial charge in [-0.15, -0.1) is 0 Å². The summed E-state index contributed by atoms with van der Waals surface area (Å²) in [5.41, 5.74) is 0. The zero-order valence-corrected chi connectivity index (χ0v) is 6.16. The summed E-state index contributed by atoms with van der Waals surface area (Å²) < 4.78 is 0. The zero-order valence-electron chi connectivity index (χ0n) is 6.16. The van der Waals surface area contributed by atoms with E-state index < -0.39 is 12.2 Å². The Hall–Kier alpha value is -0.770. The zero-order chi connectivity index (χ0) is 8.15. The van der Waals surface area contributed by atoms with E-state index >= 15 is 0 Å². The van der Waals surface area contributed by atoms with Crippen LogP contribution >= 0.6 is 0 Å². The summed E-state index contributed by atoms with van der Waals surface area (Å²) in [5, 5.41) is 19.4. The Morgan fingerprint density at radius 1 is 1.70 bits per heavy atom. The number of carbonyl (C=O) groups is 1. The number of hydrogen-bond acceptors (Lipinski definition) is 2. The lowest BCUT2D eigenvalue weighted by Crippen LogP contribution is -2.40. The van der Waals surface area contributed by atoms with Gasteiger partial charge in [0.25, 0.3) is 0 Å². The third kappa shape index (κ3) is 3.29. The van der Waals surface area contributed by atoms with Crippen LogP contribution in [-0.4, -0.2) is 28.5 Å². The van der Waals surface area contributed by atoms with Crippen LogP contribution in [0, 0.1) is 0 Å². The summed E-state index contributed by atoms with van der Waals surface area (Å²) in [7, 11) is 0. The van der Waals surface area contributed by atoms with Crippen LogP contribution in [0.2, 0.25) is 0 Å². The van der Waals surface area contributed by atoms with Crippen LogP contribution in [-0.2, 0) is 0 Å². The molecule has 0 aromatic heterocycles. The van der Waals surface area contributed by atoms with Gasteiger partial charge in [-0.2, -0.15) is 0 Å². The Balaban J connectivity index is 3.71. The lowest BCUT2D eigenvalue weighted by molar-refractivity contribution is 0.131. The third-order valence-corrected chi connectivity index (χ3v) is 1.33. The number of hydrogen-bond donors (Lipinski definition) is 3. The summed E-state index contributed by atoms with van der Waals surface area (Å²) in [4.78, 5) is 10.1. The van der Waals surface area contributed by atoms with E-state index in [0.717, 1.165) is 0 Å². The van der Waals surface area contributed by atoms with Crippen LogP contribution in [0.15, 0.2) is 0 Å². The highest BCUT2D eigenvalue weighted by molar-refractivity contribution is 5.64. The summed E-state index contributed by atoms with van der Waals surface area (Å²) in [6.07, 6.45) is -1.11. The quantitative estimate of drug-likeness (QED) is 0.541. The van der Waals surface area contributed by atoms with Gasteiger partial charge < -0.3 is 15.5 Å². The number of nitrogens with one attached hydrogen (secondary N) is 1. The van der Waals surface area contributed by atoms with Gasteiger partial charge in [0.2, 0.25) is 0 Å². The molecule has 60 valence electrons. The van der Waals surface area contributed by atoms with Gasteiger partial charge in [0.1, 0.15) is 0 Å². The van der Waals surface area contributed by atoms with Gasteiger partial charge in [-0.05, 0) is 13.3 Å². The number of aliphatic hydroxyl groups is 1. The van der Waals surface area contributed by atoms with Crippen LogP contribution < -0.4 is 5.32 Å². The topological polar surface area (TPSA) is 69.6 Å². The van der Waals surface area contributed by atoms with Crippen molar-refractivity contribution in [3.63, 3.8) is 0 Å². The number of carboxylic acid groups (broad SMARTS) is 1.